The molecular formula is C41H26N2. The molecule has 0 saturated carbocycles. The summed E-state index contributed by atoms with van der Waals surface area (Å²) in [6.07, 6.45) is 3.85. The number of pyridine rings is 1. The molecule has 2 aromatic heterocycles. The molecule has 0 N–H and O–H groups in total. The zero-order valence-corrected chi connectivity index (χ0v) is 23.4. The number of rotatable bonds is 3. The van der Waals surface area contributed by atoms with Gasteiger partial charge in [0.05, 0.1) is 11.0 Å². The van der Waals surface area contributed by atoms with E-state index in [1.54, 1.807) is 0 Å². The molecule has 0 aliphatic carbocycles. The van der Waals surface area contributed by atoms with Crippen LogP contribution in [-0.2, 0) is 0 Å². The molecular weight excluding hydrogens is 520 g/mol. The number of fused-ring (bicyclic) bond motifs is 6. The predicted octanol–water partition coefficient (Wildman–Crippen LogP) is 11.0. The van der Waals surface area contributed by atoms with Gasteiger partial charge in [-0.15, -0.1) is 0 Å². The highest BCUT2D eigenvalue weighted by atomic mass is 15.0. The van der Waals surface area contributed by atoms with Gasteiger partial charge in [0.1, 0.15) is 0 Å². The third-order valence-electron chi connectivity index (χ3n) is 8.86. The van der Waals surface area contributed by atoms with Crippen molar-refractivity contribution >= 4 is 54.1 Å². The van der Waals surface area contributed by atoms with E-state index < -0.39 is 0 Å². The van der Waals surface area contributed by atoms with E-state index >= 15 is 0 Å². The maximum Gasteiger partial charge on any atom is 0.0571 e. The van der Waals surface area contributed by atoms with E-state index in [-0.39, 0.29) is 0 Å². The zero-order valence-electron chi connectivity index (χ0n) is 23.4. The van der Waals surface area contributed by atoms with Crippen molar-refractivity contribution in [1.29, 1.82) is 0 Å². The van der Waals surface area contributed by atoms with Crippen LogP contribution in [0.1, 0.15) is 0 Å². The van der Waals surface area contributed by atoms with Crippen molar-refractivity contribution in [2.24, 2.45) is 0 Å². The molecule has 0 saturated heterocycles. The molecule has 200 valence electrons. The van der Waals surface area contributed by atoms with E-state index in [1.807, 2.05) is 12.4 Å². The fourth-order valence-electron chi connectivity index (χ4n) is 6.97. The summed E-state index contributed by atoms with van der Waals surface area (Å²) in [5, 5.41) is 9.97. The molecule has 2 heterocycles. The van der Waals surface area contributed by atoms with Gasteiger partial charge in [0.2, 0.25) is 0 Å². The second-order valence-corrected chi connectivity index (χ2v) is 11.2. The monoisotopic (exact) mass is 546 g/mol. The summed E-state index contributed by atoms with van der Waals surface area (Å²) in [7, 11) is 0. The number of aromatic nitrogens is 2. The first-order valence-corrected chi connectivity index (χ1v) is 14.7. The number of benzene rings is 7. The minimum Gasteiger partial charge on any atom is -0.309 e. The van der Waals surface area contributed by atoms with Crippen molar-refractivity contribution in [2.75, 3.05) is 0 Å². The summed E-state index contributed by atoms with van der Waals surface area (Å²) in [4.78, 5) is 4.41. The Morgan fingerprint density at radius 3 is 1.63 bits per heavy atom. The molecule has 0 aliphatic heterocycles. The molecule has 0 atom stereocenters. The van der Waals surface area contributed by atoms with Gasteiger partial charge in [-0.1, -0.05) is 115 Å². The molecule has 0 spiro atoms. The summed E-state index contributed by atoms with van der Waals surface area (Å²) in [6.45, 7) is 0. The van der Waals surface area contributed by atoms with Crippen molar-refractivity contribution < 1.29 is 0 Å². The Labute approximate surface area is 249 Å². The maximum absolute atomic E-state index is 4.41. The van der Waals surface area contributed by atoms with Crippen LogP contribution in [0.15, 0.2) is 158 Å². The summed E-state index contributed by atoms with van der Waals surface area (Å²) in [6, 6.07) is 52.9. The smallest absolute Gasteiger partial charge is 0.0571 e. The summed E-state index contributed by atoms with van der Waals surface area (Å²) in [5.74, 6) is 0. The lowest BCUT2D eigenvalue weighted by Gasteiger charge is -2.18. The van der Waals surface area contributed by atoms with Crippen LogP contribution < -0.4 is 0 Å². The van der Waals surface area contributed by atoms with Crippen LogP contribution in [0.25, 0.3) is 82.1 Å². The van der Waals surface area contributed by atoms with Crippen LogP contribution in [-0.4, -0.2) is 9.55 Å². The Hall–Kier alpha value is -5.73. The van der Waals surface area contributed by atoms with Crippen LogP contribution in [0.2, 0.25) is 0 Å². The molecule has 9 rings (SSSR count). The quantitative estimate of drug-likeness (QED) is 0.202. The molecule has 0 aliphatic rings. The average Bonchev–Trinajstić information content (AvgIpc) is 3.41. The average molecular weight is 547 g/mol. The topological polar surface area (TPSA) is 17.8 Å². The summed E-state index contributed by atoms with van der Waals surface area (Å²) < 4.78 is 2.34. The molecule has 43 heavy (non-hydrogen) atoms. The molecule has 0 unspecified atom stereocenters. The van der Waals surface area contributed by atoms with E-state index in [0.29, 0.717) is 0 Å². The van der Waals surface area contributed by atoms with E-state index in [1.165, 1.54) is 76.4 Å². The molecule has 0 bridgehead atoms. The van der Waals surface area contributed by atoms with Gasteiger partial charge in [0, 0.05) is 28.9 Å². The molecule has 7 aromatic carbocycles. The molecule has 0 amide bonds. The first-order chi connectivity index (χ1) is 21.3. The van der Waals surface area contributed by atoms with Gasteiger partial charge >= 0.3 is 0 Å². The fraction of sp³-hybridized carbons (Fsp3) is 0. The maximum atomic E-state index is 4.41. The summed E-state index contributed by atoms with van der Waals surface area (Å²) >= 11 is 0. The van der Waals surface area contributed by atoms with E-state index in [0.717, 1.165) is 5.69 Å². The standard InChI is InChI=1S/C41H26N2/c1-2-10-29-25-30(18-17-27(29)9-1)41-35-14-5-3-12-33(35)40(34-13-4-6-15-36(34)41)28-19-21-31(22-20-28)43-38-16-8-7-11-32(38)37-26-42-24-23-39(37)43/h1-26H. The van der Waals surface area contributed by atoms with Crippen molar-refractivity contribution in [1.82, 2.24) is 9.55 Å². The number of hydrogen-bond acceptors (Lipinski definition) is 1. The molecule has 9 aromatic rings. The van der Waals surface area contributed by atoms with Crippen LogP contribution in [0.5, 0.6) is 0 Å². The van der Waals surface area contributed by atoms with Gasteiger partial charge in [-0.25, -0.2) is 0 Å². The van der Waals surface area contributed by atoms with Crippen molar-refractivity contribution in [2.45, 2.75) is 0 Å². The highest BCUT2D eigenvalue weighted by Gasteiger charge is 2.17. The third kappa shape index (κ3) is 3.63. The molecule has 0 fully saturated rings. The van der Waals surface area contributed by atoms with Gasteiger partial charge < -0.3 is 4.57 Å². The van der Waals surface area contributed by atoms with Crippen LogP contribution in [0.4, 0.5) is 0 Å². The Bertz CT molecular complexity index is 2390. The highest BCUT2D eigenvalue weighted by Crippen LogP contribution is 2.44. The van der Waals surface area contributed by atoms with Gasteiger partial charge in [-0.05, 0) is 84.9 Å². The Morgan fingerprint density at radius 1 is 0.395 bits per heavy atom. The van der Waals surface area contributed by atoms with Gasteiger partial charge in [-0.3, -0.25) is 4.98 Å². The number of hydrogen-bond donors (Lipinski definition) is 0. The summed E-state index contributed by atoms with van der Waals surface area (Å²) in [5.41, 5.74) is 8.51. The lowest BCUT2D eigenvalue weighted by molar-refractivity contribution is 1.17. The lowest BCUT2D eigenvalue weighted by atomic mass is 9.85. The Kier molecular flexibility index (Phi) is 5.23. The van der Waals surface area contributed by atoms with Gasteiger partial charge in [0.15, 0.2) is 0 Å². The Balaban J connectivity index is 1.28. The van der Waals surface area contributed by atoms with Crippen molar-refractivity contribution in [3.8, 4) is 27.9 Å². The van der Waals surface area contributed by atoms with Crippen molar-refractivity contribution in [3.63, 3.8) is 0 Å². The highest BCUT2D eigenvalue weighted by molar-refractivity contribution is 6.21. The van der Waals surface area contributed by atoms with Crippen molar-refractivity contribution in [3.05, 3.63) is 158 Å². The second-order valence-electron chi connectivity index (χ2n) is 11.2. The van der Waals surface area contributed by atoms with E-state index in [9.17, 15) is 0 Å². The zero-order chi connectivity index (χ0) is 28.3. The largest absolute Gasteiger partial charge is 0.309 e. The van der Waals surface area contributed by atoms with E-state index in [4.69, 9.17) is 0 Å². The SMILES string of the molecule is c1ccc2cc(-c3c4ccccc4c(-c4ccc(-n5c6ccccc6c6cnccc65)cc4)c4ccccc34)ccc2c1. The van der Waals surface area contributed by atoms with E-state index in [2.05, 4.69) is 155 Å². The minimum atomic E-state index is 1.14. The lowest BCUT2D eigenvalue weighted by Crippen LogP contribution is -1.94. The fourth-order valence-corrected chi connectivity index (χ4v) is 6.97. The second kappa shape index (κ2) is 9.40. The van der Waals surface area contributed by atoms with Crippen LogP contribution >= 0.6 is 0 Å². The number of nitrogens with zero attached hydrogens (tertiary/aromatic N) is 2. The van der Waals surface area contributed by atoms with Crippen LogP contribution in [0.3, 0.4) is 0 Å². The molecule has 2 nitrogen and oxygen atoms in total. The molecule has 0 radical (unpaired) electrons. The number of para-hydroxylation sites is 1. The van der Waals surface area contributed by atoms with Crippen LogP contribution in [0, 0.1) is 0 Å². The minimum absolute atomic E-state index is 1.14. The molecule has 2 heteroatoms. The first kappa shape index (κ1) is 23.9. The first-order valence-electron chi connectivity index (χ1n) is 14.7. The third-order valence-corrected chi connectivity index (χ3v) is 8.86. The normalized spacial score (nSPS) is 11.7. The predicted molar refractivity (Wildman–Crippen MR) is 182 cm³/mol. The van der Waals surface area contributed by atoms with Gasteiger partial charge in [0.25, 0.3) is 0 Å². The van der Waals surface area contributed by atoms with Gasteiger partial charge in [-0.2, -0.15) is 0 Å². The Morgan fingerprint density at radius 2 is 0.930 bits per heavy atom.